The molecule has 0 aliphatic heterocycles. The minimum Gasteiger partial charge on any atom is -0.368 e. The number of anilines is 1. The van der Waals surface area contributed by atoms with Crippen LogP contribution in [-0.2, 0) is 4.79 Å². The lowest BCUT2D eigenvalue weighted by atomic mass is 10.1. The Balaban J connectivity index is 1.78. The van der Waals surface area contributed by atoms with Crippen LogP contribution >= 0.6 is 22.9 Å². The van der Waals surface area contributed by atoms with Gasteiger partial charge in [0.15, 0.2) is 0 Å². The van der Waals surface area contributed by atoms with Crippen LogP contribution < -0.4 is 16.4 Å². The summed E-state index contributed by atoms with van der Waals surface area (Å²) < 4.78 is 0. The number of halogens is 1. The predicted molar refractivity (Wildman–Crippen MR) is 120 cm³/mol. The van der Waals surface area contributed by atoms with Gasteiger partial charge < -0.3 is 16.4 Å². The number of hydrogen-bond donors (Lipinski definition) is 3. The lowest BCUT2D eigenvalue weighted by Crippen LogP contribution is -2.42. The van der Waals surface area contributed by atoms with Gasteiger partial charge in [-0.1, -0.05) is 35.9 Å². The van der Waals surface area contributed by atoms with E-state index in [4.69, 9.17) is 17.3 Å². The molecule has 154 valence electrons. The second-order valence-electron chi connectivity index (χ2n) is 6.73. The molecule has 0 fully saturated rings. The van der Waals surface area contributed by atoms with E-state index in [-0.39, 0.29) is 5.91 Å². The first-order valence-corrected chi connectivity index (χ1v) is 10.3. The van der Waals surface area contributed by atoms with Gasteiger partial charge in [0, 0.05) is 26.7 Å². The average Bonchev–Trinajstić information content (AvgIpc) is 3.20. The van der Waals surface area contributed by atoms with E-state index in [1.165, 1.54) is 18.3 Å². The highest BCUT2D eigenvalue weighted by Gasteiger charge is 2.17. The SMILES string of the molecule is Cc1ccc(C(=O)N[C@@H](C)C(N)=O)cc1NC(=O)c1ccc(-c2ccccc2Cl)s1. The van der Waals surface area contributed by atoms with Crippen LogP contribution in [0.5, 0.6) is 0 Å². The summed E-state index contributed by atoms with van der Waals surface area (Å²) in [6.45, 7) is 3.33. The highest BCUT2D eigenvalue weighted by atomic mass is 35.5. The van der Waals surface area contributed by atoms with Gasteiger partial charge in [0.2, 0.25) is 5.91 Å². The first kappa shape index (κ1) is 21.5. The molecule has 1 aromatic heterocycles. The van der Waals surface area contributed by atoms with Crippen LogP contribution in [-0.4, -0.2) is 23.8 Å². The van der Waals surface area contributed by atoms with Gasteiger partial charge in [-0.2, -0.15) is 0 Å². The Kier molecular flexibility index (Phi) is 6.54. The van der Waals surface area contributed by atoms with Gasteiger partial charge in [0.25, 0.3) is 11.8 Å². The zero-order valence-corrected chi connectivity index (χ0v) is 17.9. The van der Waals surface area contributed by atoms with Crippen LogP contribution in [0.3, 0.4) is 0 Å². The number of benzene rings is 2. The van der Waals surface area contributed by atoms with Gasteiger partial charge >= 0.3 is 0 Å². The third-order valence-corrected chi connectivity index (χ3v) is 5.94. The molecule has 2 aromatic carbocycles. The maximum atomic E-state index is 12.7. The number of hydrogen-bond acceptors (Lipinski definition) is 4. The van der Waals surface area contributed by atoms with Crippen molar-refractivity contribution in [3.8, 4) is 10.4 Å². The molecule has 0 unspecified atom stereocenters. The van der Waals surface area contributed by atoms with Crippen molar-refractivity contribution in [2.45, 2.75) is 19.9 Å². The molecule has 6 nitrogen and oxygen atoms in total. The Hall–Kier alpha value is -3.16. The van der Waals surface area contributed by atoms with E-state index < -0.39 is 17.9 Å². The molecule has 3 aromatic rings. The quantitative estimate of drug-likeness (QED) is 0.533. The molecule has 30 heavy (non-hydrogen) atoms. The number of amides is 3. The van der Waals surface area contributed by atoms with Gasteiger partial charge in [-0.3, -0.25) is 14.4 Å². The van der Waals surface area contributed by atoms with Gasteiger partial charge in [-0.05, 0) is 49.7 Å². The molecular formula is C22H20ClN3O3S. The standard InChI is InChI=1S/C22H20ClN3O3S/c1-12-7-8-14(21(28)25-13(2)20(24)27)11-17(12)26-22(29)19-10-9-18(30-19)15-5-3-4-6-16(15)23/h3-11,13H,1-2H3,(H2,24,27)(H,25,28)(H,26,29)/t13-/m0/s1. The third-order valence-electron chi connectivity index (χ3n) is 4.49. The second-order valence-corrected chi connectivity index (χ2v) is 8.22. The molecule has 1 atom stereocenters. The van der Waals surface area contributed by atoms with E-state index in [0.717, 1.165) is 16.0 Å². The van der Waals surface area contributed by atoms with Gasteiger partial charge in [0.1, 0.15) is 6.04 Å². The summed E-state index contributed by atoms with van der Waals surface area (Å²) in [6, 6.07) is 15.1. The molecule has 0 saturated heterocycles. The highest BCUT2D eigenvalue weighted by molar-refractivity contribution is 7.17. The van der Waals surface area contributed by atoms with Crippen molar-refractivity contribution in [2.75, 3.05) is 5.32 Å². The molecule has 1 heterocycles. The normalized spacial score (nSPS) is 11.6. The summed E-state index contributed by atoms with van der Waals surface area (Å²) in [6.07, 6.45) is 0. The molecule has 4 N–H and O–H groups in total. The molecule has 3 rings (SSSR count). The Morgan fingerprint density at radius 3 is 2.47 bits per heavy atom. The number of carbonyl (C=O) groups excluding carboxylic acids is 3. The molecule has 0 spiro atoms. The van der Waals surface area contributed by atoms with Gasteiger partial charge in [-0.15, -0.1) is 11.3 Å². The van der Waals surface area contributed by atoms with E-state index in [9.17, 15) is 14.4 Å². The van der Waals surface area contributed by atoms with E-state index in [2.05, 4.69) is 10.6 Å². The molecule has 8 heteroatoms. The zero-order valence-electron chi connectivity index (χ0n) is 16.4. The Morgan fingerprint density at radius 2 is 1.77 bits per heavy atom. The predicted octanol–water partition coefficient (Wildman–Crippen LogP) is 4.23. The fourth-order valence-electron chi connectivity index (χ4n) is 2.70. The van der Waals surface area contributed by atoms with Crippen LogP contribution in [0.15, 0.2) is 54.6 Å². The number of thiophene rings is 1. The molecule has 3 amide bonds. The van der Waals surface area contributed by atoms with Gasteiger partial charge in [-0.25, -0.2) is 0 Å². The van der Waals surface area contributed by atoms with Crippen LogP contribution in [0.1, 0.15) is 32.5 Å². The Labute approximate surface area is 183 Å². The summed E-state index contributed by atoms with van der Waals surface area (Å²) in [5.74, 6) is -1.37. The third kappa shape index (κ3) is 4.87. The minimum atomic E-state index is -0.800. The number of primary amides is 1. The summed E-state index contributed by atoms with van der Waals surface area (Å²) in [7, 11) is 0. The Morgan fingerprint density at radius 1 is 1.03 bits per heavy atom. The molecule has 0 bridgehead atoms. The van der Waals surface area contributed by atoms with E-state index >= 15 is 0 Å². The van der Waals surface area contributed by atoms with Crippen molar-refractivity contribution in [3.63, 3.8) is 0 Å². The van der Waals surface area contributed by atoms with E-state index in [0.29, 0.717) is 21.2 Å². The maximum Gasteiger partial charge on any atom is 0.265 e. The van der Waals surface area contributed by atoms with Crippen molar-refractivity contribution in [2.24, 2.45) is 5.73 Å². The maximum absolute atomic E-state index is 12.7. The second kappa shape index (κ2) is 9.11. The lowest BCUT2D eigenvalue weighted by molar-refractivity contribution is -0.119. The first-order chi connectivity index (χ1) is 14.3. The van der Waals surface area contributed by atoms with E-state index in [1.54, 1.807) is 30.3 Å². The molecule has 0 saturated carbocycles. The largest absolute Gasteiger partial charge is 0.368 e. The minimum absolute atomic E-state index is 0.288. The van der Waals surface area contributed by atoms with Crippen molar-refractivity contribution in [1.29, 1.82) is 0 Å². The molecule has 0 aliphatic rings. The number of carbonyl (C=O) groups is 3. The van der Waals surface area contributed by atoms with Crippen molar-refractivity contribution in [3.05, 3.63) is 75.6 Å². The Bertz CT molecular complexity index is 1130. The zero-order chi connectivity index (χ0) is 21.8. The van der Waals surface area contributed by atoms with Crippen LogP contribution in [0, 0.1) is 6.92 Å². The van der Waals surface area contributed by atoms with Crippen molar-refractivity contribution < 1.29 is 14.4 Å². The fraction of sp³-hybridized carbons (Fsp3) is 0.136. The highest BCUT2D eigenvalue weighted by Crippen LogP contribution is 2.33. The number of rotatable bonds is 6. The van der Waals surface area contributed by atoms with Crippen LogP contribution in [0.25, 0.3) is 10.4 Å². The van der Waals surface area contributed by atoms with Crippen LogP contribution in [0.2, 0.25) is 5.02 Å². The number of nitrogens with two attached hydrogens (primary N) is 1. The first-order valence-electron chi connectivity index (χ1n) is 9.13. The summed E-state index contributed by atoms with van der Waals surface area (Å²) >= 11 is 7.57. The molecule has 0 radical (unpaired) electrons. The summed E-state index contributed by atoms with van der Waals surface area (Å²) in [4.78, 5) is 37.6. The number of nitrogens with one attached hydrogen (secondary N) is 2. The smallest absolute Gasteiger partial charge is 0.265 e. The van der Waals surface area contributed by atoms with Crippen molar-refractivity contribution in [1.82, 2.24) is 5.32 Å². The molecular weight excluding hydrogens is 422 g/mol. The van der Waals surface area contributed by atoms with E-state index in [1.807, 2.05) is 31.2 Å². The van der Waals surface area contributed by atoms with Crippen LogP contribution in [0.4, 0.5) is 5.69 Å². The molecule has 0 aliphatic carbocycles. The average molecular weight is 442 g/mol. The monoisotopic (exact) mass is 441 g/mol. The number of aryl methyl sites for hydroxylation is 1. The fourth-order valence-corrected chi connectivity index (χ4v) is 3.93. The van der Waals surface area contributed by atoms with Gasteiger partial charge in [0.05, 0.1) is 4.88 Å². The topological polar surface area (TPSA) is 101 Å². The van der Waals surface area contributed by atoms with Crippen molar-refractivity contribution >= 4 is 46.3 Å². The summed E-state index contributed by atoms with van der Waals surface area (Å²) in [5.41, 5.74) is 7.66. The lowest BCUT2D eigenvalue weighted by Gasteiger charge is -2.13. The summed E-state index contributed by atoms with van der Waals surface area (Å²) in [5, 5.41) is 5.98.